The van der Waals surface area contributed by atoms with Gasteiger partial charge in [0.1, 0.15) is 5.82 Å². The first-order valence-corrected chi connectivity index (χ1v) is 9.07. The molecule has 0 amide bonds. The van der Waals surface area contributed by atoms with E-state index in [1.807, 2.05) is 18.2 Å². The van der Waals surface area contributed by atoms with Gasteiger partial charge in [0.25, 0.3) is 0 Å². The quantitative estimate of drug-likeness (QED) is 0.653. The summed E-state index contributed by atoms with van der Waals surface area (Å²) < 4.78 is 0. The van der Waals surface area contributed by atoms with E-state index in [4.69, 9.17) is 0 Å². The van der Waals surface area contributed by atoms with Crippen LogP contribution in [-0.2, 0) is 0 Å². The molecule has 2 rings (SSSR count). The molecule has 1 aromatic carbocycles. The number of nitrogens with zero attached hydrogens (tertiary/aromatic N) is 2. The highest BCUT2D eigenvalue weighted by atomic mass is 15.0. The maximum Gasteiger partial charge on any atom is 0.139 e. The molecule has 0 unspecified atom stereocenters. The average molecular weight is 333 g/mol. The van der Waals surface area contributed by atoms with Crippen molar-refractivity contribution in [2.45, 2.75) is 47.0 Å². The third kappa shape index (κ3) is 4.48. The summed E-state index contributed by atoms with van der Waals surface area (Å²) in [6, 6.07) is 12.4. The lowest BCUT2D eigenvalue weighted by Crippen LogP contribution is -2.08. The SMILES string of the molecule is CC/C=C(/c1c(C#N)ccnc1Nc1ccc(C)cc1)C(CC)CC. The predicted molar refractivity (Wildman–Crippen MR) is 106 cm³/mol. The molecule has 0 spiro atoms. The van der Waals surface area contributed by atoms with Gasteiger partial charge >= 0.3 is 0 Å². The fraction of sp³-hybridized carbons (Fsp3) is 0.364. The molecule has 2 aromatic rings. The highest BCUT2D eigenvalue weighted by molar-refractivity contribution is 5.81. The molecule has 0 atom stereocenters. The molecule has 0 saturated heterocycles. The number of hydrogen-bond donors (Lipinski definition) is 1. The summed E-state index contributed by atoms with van der Waals surface area (Å²) in [5.41, 5.74) is 5.05. The van der Waals surface area contributed by atoms with Crippen molar-refractivity contribution in [1.82, 2.24) is 4.98 Å². The fourth-order valence-corrected chi connectivity index (χ4v) is 3.14. The lowest BCUT2D eigenvalue weighted by Gasteiger charge is -2.21. The molecule has 3 heteroatoms. The van der Waals surface area contributed by atoms with E-state index in [1.165, 1.54) is 11.1 Å². The van der Waals surface area contributed by atoms with Gasteiger partial charge in [-0.15, -0.1) is 0 Å². The summed E-state index contributed by atoms with van der Waals surface area (Å²) in [5.74, 6) is 1.18. The van der Waals surface area contributed by atoms with Crippen LogP contribution in [0.15, 0.2) is 42.6 Å². The number of pyridine rings is 1. The van der Waals surface area contributed by atoms with E-state index in [1.54, 1.807) is 6.20 Å². The van der Waals surface area contributed by atoms with Crippen LogP contribution in [0.5, 0.6) is 0 Å². The highest BCUT2D eigenvalue weighted by Crippen LogP contribution is 2.36. The van der Waals surface area contributed by atoms with Crippen LogP contribution in [0.2, 0.25) is 0 Å². The van der Waals surface area contributed by atoms with Gasteiger partial charge in [0.05, 0.1) is 11.6 Å². The minimum absolute atomic E-state index is 0.426. The third-order valence-electron chi connectivity index (χ3n) is 4.52. The molecule has 1 N–H and O–H groups in total. The van der Waals surface area contributed by atoms with Crippen molar-refractivity contribution < 1.29 is 0 Å². The van der Waals surface area contributed by atoms with Gasteiger partial charge < -0.3 is 5.32 Å². The third-order valence-corrected chi connectivity index (χ3v) is 4.52. The molecular weight excluding hydrogens is 306 g/mol. The van der Waals surface area contributed by atoms with Crippen molar-refractivity contribution >= 4 is 17.1 Å². The van der Waals surface area contributed by atoms with Crippen molar-refractivity contribution in [2.75, 3.05) is 5.32 Å². The Bertz CT molecular complexity index is 763. The fourth-order valence-electron chi connectivity index (χ4n) is 3.14. The molecular formula is C22H27N3. The number of hydrogen-bond acceptors (Lipinski definition) is 3. The molecule has 0 aliphatic carbocycles. The van der Waals surface area contributed by atoms with Crippen molar-refractivity contribution in [1.29, 1.82) is 5.26 Å². The Morgan fingerprint density at radius 2 is 1.84 bits per heavy atom. The molecule has 0 fully saturated rings. The van der Waals surface area contributed by atoms with E-state index >= 15 is 0 Å². The van der Waals surface area contributed by atoms with Gasteiger partial charge in [-0.2, -0.15) is 5.26 Å². The van der Waals surface area contributed by atoms with Gasteiger partial charge in [0.2, 0.25) is 0 Å². The average Bonchev–Trinajstić information content (AvgIpc) is 2.63. The maximum atomic E-state index is 9.66. The largest absolute Gasteiger partial charge is 0.340 e. The molecule has 3 nitrogen and oxygen atoms in total. The Morgan fingerprint density at radius 3 is 2.40 bits per heavy atom. The van der Waals surface area contributed by atoms with Crippen LogP contribution in [0, 0.1) is 24.2 Å². The predicted octanol–water partition coefficient (Wildman–Crippen LogP) is 6.23. The Hall–Kier alpha value is -2.60. The first kappa shape index (κ1) is 18.7. The van der Waals surface area contributed by atoms with E-state index in [0.717, 1.165) is 36.3 Å². The second-order valence-electron chi connectivity index (χ2n) is 6.27. The minimum atomic E-state index is 0.426. The number of nitriles is 1. The molecule has 130 valence electrons. The number of benzene rings is 1. The zero-order valence-electron chi connectivity index (χ0n) is 15.6. The van der Waals surface area contributed by atoms with E-state index in [2.05, 4.69) is 62.3 Å². The summed E-state index contributed by atoms with van der Waals surface area (Å²) in [7, 11) is 0. The second-order valence-corrected chi connectivity index (χ2v) is 6.27. The topological polar surface area (TPSA) is 48.7 Å². The lowest BCUT2D eigenvalue weighted by molar-refractivity contribution is 0.622. The Morgan fingerprint density at radius 1 is 1.16 bits per heavy atom. The Kier molecular flexibility index (Phi) is 6.77. The van der Waals surface area contributed by atoms with E-state index in [9.17, 15) is 5.26 Å². The summed E-state index contributed by atoms with van der Waals surface area (Å²) in [6.45, 7) is 8.61. The van der Waals surface area contributed by atoms with Crippen LogP contribution in [-0.4, -0.2) is 4.98 Å². The zero-order chi connectivity index (χ0) is 18.2. The lowest BCUT2D eigenvalue weighted by atomic mass is 9.86. The number of nitrogens with one attached hydrogen (secondary N) is 1. The van der Waals surface area contributed by atoms with Crippen LogP contribution in [0.1, 0.15) is 56.7 Å². The highest BCUT2D eigenvalue weighted by Gasteiger charge is 2.20. The van der Waals surface area contributed by atoms with Gasteiger partial charge in [-0.1, -0.05) is 44.5 Å². The molecule has 0 bridgehead atoms. The van der Waals surface area contributed by atoms with Crippen LogP contribution in [0.4, 0.5) is 11.5 Å². The molecule has 0 aliphatic heterocycles. The number of aromatic nitrogens is 1. The van der Waals surface area contributed by atoms with E-state index in [0.29, 0.717) is 11.5 Å². The summed E-state index contributed by atoms with van der Waals surface area (Å²) in [4.78, 5) is 4.56. The van der Waals surface area contributed by atoms with Crippen molar-refractivity contribution in [3.05, 3.63) is 59.3 Å². The Labute approximate surface area is 151 Å². The first-order valence-electron chi connectivity index (χ1n) is 9.07. The Balaban J connectivity index is 2.56. The summed E-state index contributed by atoms with van der Waals surface area (Å²) >= 11 is 0. The second kappa shape index (κ2) is 9.03. The van der Waals surface area contributed by atoms with E-state index in [-0.39, 0.29) is 0 Å². The molecule has 25 heavy (non-hydrogen) atoms. The van der Waals surface area contributed by atoms with Crippen LogP contribution >= 0.6 is 0 Å². The van der Waals surface area contributed by atoms with Gasteiger partial charge in [-0.25, -0.2) is 4.98 Å². The molecule has 1 aromatic heterocycles. The van der Waals surface area contributed by atoms with Gasteiger partial charge in [0.15, 0.2) is 0 Å². The van der Waals surface area contributed by atoms with Crippen molar-refractivity contribution in [3.8, 4) is 6.07 Å². The van der Waals surface area contributed by atoms with Gasteiger partial charge in [-0.3, -0.25) is 0 Å². The molecule has 0 aliphatic rings. The smallest absolute Gasteiger partial charge is 0.139 e. The normalized spacial score (nSPS) is 11.4. The number of allylic oxidation sites excluding steroid dienone is 2. The number of rotatable bonds is 7. The number of aryl methyl sites for hydroxylation is 1. The van der Waals surface area contributed by atoms with Gasteiger partial charge in [0, 0.05) is 17.4 Å². The summed E-state index contributed by atoms with van der Waals surface area (Å²) in [6.07, 6.45) is 6.98. The molecule has 1 heterocycles. The summed E-state index contributed by atoms with van der Waals surface area (Å²) in [5, 5.41) is 13.1. The zero-order valence-corrected chi connectivity index (χ0v) is 15.6. The van der Waals surface area contributed by atoms with Crippen molar-refractivity contribution in [3.63, 3.8) is 0 Å². The number of anilines is 2. The van der Waals surface area contributed by atoms with Crippen LogP contribution < -0.4 is 5.32 Å². The maximum absolute atomic E-state index is 9.66. The molecule has 0 saturated carbocycles. The van der Waals surface area contributed by atoms with Crippen LogP contribution in [0.3, 0.4) is 0 Å². The monoisotopic (exact) mass is 333 g/mol. The van der Waals surface area contributed by atoms with Crippen molar-refractivity contribution in [2.24, 2.45) is 5.92 Å². The molecule has 0 radical (unpaired) electrons. The van der Waals surface area contributed by atoms with E-state index < -0.39 is 0 Å². The standard InChI is InChI=1S/C22H27N3/c1-5-8-20(17(6-2)7-3)21-18(15-23)13-14-24-22(21)25-19-11-9-16(4)10-12-19/h8-14,17H,5-7H2,1-4H3,(H,24,25)/b20-8+. The van der Waals surface area contributed by atoms with Gasteiger partial charge in [-0.05, 0) is 55.9 Å². The van der Waals surface area contributed by atoms with Crippen LogP contribution in [0.25, 0.3) is 5.57 Å². The first-order chi connectivity index (χ1) is 12.1. The minimum Gasteiger partial charge on any atom is -0.340 e.